The van der Waals surface area contributed by atoms with Crippen molar-refractivity contribution >= 4 is 60.7 Å². The van der Waals surface area contributed by atoms with Gasteiger partial charge in [-0.2, -0.15) is 25.3 Å². The average Bonchev–Trinajstić information content (AvgIpc) is 2.29. The number of carbonyl (C=O) groups is 2. The van der Waals surface area contributed by atoms with Crippen LogP contribution in [0.25, 0.3) is 0 Å². The molecule has 0 spiro atoms. The smallest absolute Gasteiger partial charge is 0.308 e. The highest BCUT2D eigenvalue weighted by molar-refractivity contribution is 8.06. The van der Waals surface area contributed by atoms with Crippen LogP contribution in [0.5, 0.6) is 0 Å². The van der Waals surface area contributed by atoms with E-state index in [0.717, 1.165) is 0 Å². The summed E-state index contributed by atoms with van der Waals surface area (Å²) in [5.74, 6) is 0.798. The molecule has 0 saturated carbocycles. The van der Waals surface area contributed by atoms with E-state index in [1.807, 2.05) is 13.8 Å². The second-order valence-electron chi connectivity index (χ2n) is 4.61. The molecule has 0 bridgehead atoms. The Kier molecular flexibility index (Phi) is 8.62. The number of thioether (sulfide) groups is 2. The van der Waals surface area contributed by atoms with Crippen molar-refractivity contribution in [1.82, 2.24) is 0 Å². The molecule has 1 aliphatic heterocycles. The van der Waals surface area contributed by atoms with Crippen molar-refractivity contribution in [2.45, 2.75) is 48.1 Å². The zero-order valence-electron chi connectivity index (χ0n) is 11.5. The van der Waals surface area contributed by atoms with Gasteiger partial charge < -0.3 is 9.47 Å². The molecule has 20 heavy (non-hydrogen) atoms. The lowest BCUT2D eigenvalue weighted by Crippen LogP contribution is -2.29. The first-order chi connectivity index (χ1) is 9.36. The summed E-state index contributed by atoms with van der Waals surface area (Å²) in [6.45, 7) is 3.70. The number of carbonyl (C=O) groups excluding carboxylic acids is 2. The Hall–Kier alpha value is 0.340. The summed E-state index contributed by atoms with van der Waals surface area (Å²) in [6.07, 6.45) is 0.617. The Morgan fingerprint density at radius 2 is 1.35 bits per heavy atom. The first-order valence-corrected chi connectivity index (χ1v) is 9.48. The zero-order valence-corrected chi connectivity index (χ0v) is 14.9. The highest BCUT2D eigenvalue weighted by Gasteiger charge is 2.27. The zero-order chi connectivity index (χ0) is 15.1. The van der Waals surface area contributed by atoms with Gasteiger partial charge in [-0.15, -0.1) is 23.5 Å². The number of ether oxygens (including phenoxy) is 2. The van der Waals surface area contributed by atoms with Crippen LogP contribution in [0.1, 0.15) is 26.7 Å². The van der Waals surface area contributed by atoms with Crippen LogP contribution < -0.4 is 0 Å². The SMILES string of the molecule is CC(S)CC(=O)OC1CSC(OC(=O)CC(C)S)CS1. The molecule has 116 valence electrons. The molecular weight excluding hydrogens is 336 g/mol. The van der Waals surface area contributed by atoms with Crippen molar-refractivity contribution in [2.75, 3.05) is 11.5 Å². The maximum atomic E-state index is 11.5. The minimum absolute atomic E-state index is 0.000620. The quantitative estimate of drug-likeness (QED) is 0.564. The number of hydrogen-bond acceptors (Lipinski definition) is 8. The number of rotatable bonds is 6. The topological polar surface area (TPSA) is 52.6 Å². The molecule has 8 heteroatoms. The van der Waals surface area contributed by atoms with Gasteiger partial charge in [0.05, 0.1) is 12.8 Å². The molecule has 0 aromatic heterocycles. The Labute approximate surface area is 139 Å². The first kappa shape index (κ1) is 18.4. The van der Waals surface area contributed by atoms with Crippen LogP contribution in [0.4, 0.5) is 0 Å². The molecule has 0 aliphatic carbocycles. The van der Waals surface area contributed by atoms with E-state index in [9.17, 15) is 9.59 Å². The van der Waals surface area contributed by atoms with E-state index in [-0.39, 0.29) is 33.3 Å². The van der Waals surface area contributed by atoms with Gasteiger partial charge in [0.15, 0.2) is 10.9 Å². The van der Waals surface area contributed by atoms with Gasteiger partial charge >= 0.3 is 11.9 Å². The summed E-state index contributed by atoms with van der Waals surface area (Å²) >= 11 is 11.3. The third-order valence-electron chi connectivity index (χ3n) is 2.29. The Morgan fingerprint density at radius 3 is 1.60 bits per heavy atom. The van der Waals surface area contributed by atoms with E-state index in [0.29, 0.717) is 24.3 Å². The van der Waals surface area contributed by atoms with Crippen molar-refractivity contribution in [3.05, 3.63) is 0 Å². The van der Waals surface area contributed by atoms with Crippen LogP contribution in [0.3, 0.4) is 0 Å². The maximum absolute atomic E-state index is 11.5. The van der Waals surface area contributed by atoms with Crippen molar-refractivity contribution in [3.63, 3.8) is 0 Å². The molecule has 1 saturated heterocycles. The number of hydrogen-bond donors (Lipinski definition) is 2. The molecule has 0 radical (unpaired) electrons. The van der Waals surface area contributed by atoms with Gasteiger partial charge in [-0.25, -0.2) is 0 Å². The van der Waals surface area contributed by atoms with Crippen LogP contribution in [0.15, 0.2) is 0 Å². The summed E-state index contributed by atoms with van der Waals surface area (Å²) in [7, 11) is 0. The fourth-order valence-corrected chi connectivity index (χ4v) is 4.25. The lowest BCUT2D eigenvalue weighted by Gasteiger charge is -2.27. The molecule has 1 aliphatic rings. The van der Waals surface area contributed by atoms with Crippen LogP contribution in [0.2, 0.25) is 0 Å². The summed E-state index contributed by atoms with van der Waals surface area (Å²) < 4.78 is 10.6. The van der Waals surface area contributed by atoms with Gasteiger partial charge in [0.1, 0.15) is 0 Å². The molecule has 4 unspecified atom stereocenters. The van der Waals surface area contributed by atoms with Gasteiger partial charge in [0, 0.05) is 22.0 Å². The lowest BCUT2D eigenvalue weighted by atomic mass is 10.3. The normalized spacial score (nSPS) is 25.6. The van der Waals surface area contributed by atoms with E-state index in [1.54, 1.807) is 0 Å². The fraction of sp³-hybridized carbons (Fsp3) is 0.833. The minimum Gasteiger partial charge on any atom is -0.450 e. The van der Waals surface area contributed by atoms with Gasteiger partial charge in [0.2, 0.25) is 0 Å². The van der Waals surface area contributed by atoms with Gasteiger partial charge in [0.25, 0.3) is 0 Å². The lowest BCUT2D eigenvalue weighted by molar-refractivity contribution is -0.146. The van der Waals surface area contributed by atoms with Crippen LogP contribution in [-0.4, -0.2) is 44.8 Å². The minimum atomic E-state index is -0.232. The Bertz CT molecular complexity index is 295. The second-order valence-corrected chi connectivity index (χ2v) is 8.76. The van der Waals surface area contributed by atoms with Crippen molar-refractivity contribution in [1.29, 1.82) is 0 Å². The van der Waals surface area contributed by atoms with E-state index < -0.39 is 0 Å². The van der Waals surface area contributed by atoms with Crippen molar-refractivity contribution < 1.29 is 19.1 Å². The predicted molar refractivity (Wildman–Crippen MR) is 90.8 cm³/mol. The van der Waals surface area contributed by atoms with E-state index in [2.05, 4.69) is 25.3 Å². The van der Waals surface area contributed by atoms with Gasteiger partial charge in [-0.1, -0.05) is 13.8 Å². The molecular formula is C12H20O4S4. The number of esters is 2. The maximum Gasteiger partial charge on any atom is 0.308 e. The van der Waals surface area contributed by atoms with Crippen LogP contribution >= 0.6 is 48.8 Å². The average molecular weight is 357 g/mol. The molecule has 4 atom stereocenters. The number of thiol groups is 2. The molecule has 1 fully saturated rings. The largest absolute Gasteiger partial charge is 0.450 e. The highest BCUT2D eigenvalue weighted by Crippen LogP contribution is 2.31. The summed E-state index contributed by atoms with van der Waals surface area (Å²) in [5, 5.41) is 0.00124. The molecule has 1 rings (SSSR count). The second kappa shape index (κ2) is 9.38. The standard InChI is InChI=1S/C12H20O4S4/c1-7(17)3-9(13)15-11-5-20-12(6-19-11)16-10(14)4-8(2)18/h7-8,11-12,17-18H,3-6H2,1-2H3. The van der Waals surface area contributed by atoms with Crippen molar-refractivity contribution in [2.24, 2.45) is 0 Å². The van der Waals surface area contributed by atoms with Crippen molar-refractivity contribution in [3.8, 4) is 0 Å². The molecule has 1 heterocycles. The third-order valence-corrected chi connectivity index (χ3v) is 5.33. The molecule has 0 aromatic carbocycles. The van der Waals surface area contributed by atoms with E-state index in [4.69, 9.17) is 9.47 Å². The van der Waals surface area contributed by atoms with Crippen LogP contribution in [0, 0.1) is 0 Å². The first-order valence-electron chi connectivity index (χ1n) is 6.35. The predicted octanol–water partition coefficient (Wildman–Crippen LogP) is 2.62. The Balaban J connectivity index is 2.23. The van der Waals surface area contributed by atoms with E-state index in [1.165, 1.54) is 23.5 Å². The summed E-state index contributed by atoms with van der Waals surface area (Å²) in [5.41, 5.74) is -0.336. The summed E-state index contributed by atoms with van der Waals surface area (Å²) in [6, 6.07) is 0. The molecule has 4 nitrogen and oxygen atoms in total. The summed E-state index contributed by atoms with van der Waals surface area (Å²) in [4.78, 5) is 23.0. The van der Waals surface area contributed by atoms with Gasteiger partial charge in [-0.05, 0) is 0 Å². The van der Waals surface area contributed by atoms with E-state index >= 15 is 0 Å². The Morgan fingerprint density at radius 1 is 1.00 bits per heavy atom. The monoisotopic (exact) mass is 356 g/mol. The molecule has 0 N–H and O–H groups in total. The third kappa shape index (κ3) is 7.95. The molecule has 0 aromatic rings. The van der Waals surface area contributed by atoms with Crippen LogP contribution in [-0.2, 0) is 19.1 Å². The molecule has 0 amide bonds. The highest BCUT2D eigenvalue weighted by atomic mass is 32.2. The fourth-order valence-electron chi connectivity index (χ4n) is 1.48. The van der Waals surface area contributed by atoms with Gasteiger partial charge in [-0.3, -0.25) is 9.59 Å².